The van der Waals surface area contributed by atoms with Crippen molar-refractivity contribution in [3.8, 4) is 11.1 Å². The monoisotopic (exact) mass is 467 g/mol. The molecule has 0 saturated heterocycles. The second-order valence-corrected chi connectivity index (χ2v) is 8.24. The first kappa shape index (κ1) is 24.7. The highest BCUT2D eigenvalue weighted by molar-refractivity contribution is 5.84. The van der Waals surface area contributed by atoms with Crippen LogP contribution in [0.3, 0.4) is 0 Å². The molecule has 2 N–H and O–H groups in total. The van der Waals surface area contributed by atoms with Crippen LogP contribution >= 0.6 is 0 Å². The van der Waals surface area contributed by atoms with E-state index in [1.54, 1.807) is 41.5 Å². The molecule has 3 rings (SSSR count). The van der Waals surface area contributed by atoms with Gasteiger partial charge in [-0.25, -0.2) is 4.79 Å². The van der Waals surface area contributed by atoms with Crippen LogP contribution in [0.1, 0.15) is 37.9 Å². The highest BCUT2D eigenvalue weighted by atomic mass is 16.5. The molecule has 0 radical (unpaired) electrons. The third kappa shape index (κ3) is 7.03. The molecular weight excluding hydrogens is 438 g/mol. The van der Waals surface area contributed by atoms with Gasteiger partial charge in [-0.05, 0) is 30.0 Å². The second-order valence-electron chi connectivity index (χ2n) is 8.24. The molecule has 3 aromatic rings. The third-order valence-corrected chi connectivity index (χ3v) is 4.95. The van der Waals surface area contributed by atoms with Gasteiger partial charge in [0.1, 0.15) is 5.69 Å². The van der Waals surface area contributed by atoms with Gasteiger partial charge in [-0.3, -0.25) is 24.7 Å². The van der Waals surface area contributed by atoms with Crippen molar-refractivity contribution in [3.63, 3.8) is 0 Å². The van der Waals surface area contributed by atoms with Crippen molar-refractivity contribution in [2.75, 3.05) is 19.0 Å². The number of amides is 1. The number of nitrogens with zero attached hydrogens (tertiary/aromatic N) is 3. The number of esters is 1. The highest BCUT2D eigenvalue weighted by Crippen LogP contribution is 2.17. The quantitative estimate of drug-likeness (QED) is 0.437. The van der Waals surface area contributed by atoms with Crippen LogP contribution in [0.4, 0.5) is 10.5 Å². The molecule has 10 nitrogen and oxygen atoms in total. The number of benzene rings is 1. The van der Waals surface area contributed by atoms with Crippen LogP contribution in [0.25, 0.3) is 11.1 Å². The summed E-state index contributed by atoms with van der Waals surface area (Å²) in [6.07, 6.45) is 5.57. The first-order valence-electron chi connectivity index (χ1n) is 11.0. The maximum absolute atomic E-state index is 13.1. The average Bonchev–Trinajstić information content (AvgIpc) is 3.28. The van der Waals surface area contributed by atoms with E-state index < -0.39 is 6.09 Å². The Hall–Kier alpha value is -3.95. The fourth-order valence-corrected chi connectivity index (χ4v) is 3.24. The van der Waals surface area contributed by atoms with E-state index in [9.17, 15) is 14.4 Å². The van der Waals surface area contributed by atoms with Gasteiger partial charge in [-0.15, -0.1) is 0 Å². The Bertz CT molecular complexity index is 1180. The van der Waals surface area contributed by atoms with Crippen LogP contribution < -0.4 is 10.7 Å². The van der Waals surface area contributed by atoms with Crippen LogP contribution in [0.2, 0.25) is 0 Å². The Morgan fingerprint density at radius 3 is 2.85 bits per heavy atom. The summed E-state index contributed by atoms with van der Waals surface area (Å²) in [5.41, 5.74) is 2.64. The van der Waals surface area contributed by atoms with E-state index >= 15 is 0 Å². The van der Waals surface area contributed by atoms with Gasteiger partial charge in [0, 0.05) is 43.0 Å². The zero-order chi connectivity index (χ0) is 24.5. The van der Waals surface area contributed by atoms with Crippen molar-refractivity contribution >= 4 is 17.7 Å². The molecule has 34 heavy (non-hydrogen) atoms. The van der Waals surface area contributed by atoms with E-state index in [0.29, 0.717) is 48.5 Å². The SMILES string of the molecule is COC(=O)CCCn1cc(-c2c[nH]nc(Cc3cccc(NC(=O)OCC(C)C)c3)c2=O)cn1. The molecule has 0 atom stereocenters. The van der Waals surface area contributed by atoms with Crippen molar-refractivity contribution < 1.29 is 19.1 Å². The maximum Gasteiger partial charge on any atom is 0.411 e. The molecule has 0 saturated carbocycles. The van der Waals surface area contributed by atoms with Gasteiger partial charge >= 0.3 is 12.1 Å². The summed E-state index contributed by atoms with van der Waals surface area (Å²) in [5.74, 6) is -0.0246. The standard InChI is InChI=1S/C24H29N5O5/c1-16(2)15-34-24(32)27-19-7-4-6-17(10-19)11-21-23(31)20(13-25-28-21)18-12-26-29(14-18)9-5-8-22(30)33-3/h4,6-7,10,12-14,16H,5,8-9,11,15H2,1-3H3,(H,25,31)(H,27,32). The average molecular weight is 468 g/mol. The Morgan fingerprint density at radius 2 is 2.09 bits per heavy atom. The molecule has 10 heteroatoms. The number of anilines is 1. The van der Waals surface area contributed by atoms with Gasteiger partial charge in [0.25, 0.3) is 0 Å². The first-order chi connectivity index (χ1) is 16.4. The van der Waals surface area contributed by atoms with Gasteiger partial charge in [0.2, 0.25) is 5.43 Å². The van der Waals surface area contributed by atoms with Gasteiger partial charge in [0.15, 0.2) is 0 Å². The smallest absolute Gasteiger partial charge is 0.411 e. The van der Waals surface area contributed by atoms with Crippen LogP contribution in [0, 0.1) is 5.92 Å². The summed E-state index contributed by atoms with van der Waals surface area (Å²) in [6, 6.07) is 7.19. The van der Waals surface area contributed by atoms with E-state index in [-0.39, 0.29) is 23.7 Å². The number of methoxy groups -OCH3 is 1. The van der Waals surface area contributed by atoms with Crippen molar-refractivity contribution in [1.29, 1.82) is 0 Å². The summed E-state index contributed by atoms with van der Waals surface area (Å²) < 4.78 is 11.5. The lowest BCUT2D eigenvalue weighted by molar-refractivity contribution is -0.140. The Labute approximate surface area is 197 Å². The predicted molar refractivity (Wildman–Crippen MR) is 126 cm³/mol. The second kappa shape index (κ2) is 11.8. The molecule has 0 aliphatic heterocycles. The van der Waals surface area contributed by atoms with Crippen LogP contribution in [0.5, 0.6) is 0 Å². The van der Waals surface area contributed by atoms with Gasteiger partial charge in [0.05, 0.1) is 25.5 Å². The van der Waals surface area contributed by atoms with Gasteiger partial charge < -0.3 is 9.47 Å². The van der Waals surface area contributed by atoms with Crippen molar-refractivity contribution in [2.45, 2.75) is 39.7 Å². The zero-order valence-electron chi connectivity index (χ0n) is 19.5. The number of aryl methyl sites for hydroxylation is 1. The van der Waals surface area contributed by atoms with Crippen LogP contribution in [-0.4, -0.2) is 45.8 Å². The largest absolute Gasteiger partial charge is 0.469 e. The van der Waals surface area contributed by atoms with Crippen molar-refractivity contribution in [1.82, 2.24) is 20.0 Å². The normalized spacial score (nSPS) is 10.8. The molecule has 1 aromatic carbocycles. The number of nitrogens with one attached hydrogen (secondary N) is 2. The maximum atomic E-state index is 13.1. The van der Waals surface area contributed by atoms with E-state index in [1.165, 1.54) is 7.11 Å². The van der Waals surface area contributed by atoms with E-state index in [4.69, 9.17) is 4.74 Å². The Balaban J connectivity index is 1.68. The zero-order valence-corrected chi connectivity index (χ0v) is 19.5. The van der Waals surface area contributed by atoms with Crippen molar-refractivity contribution in [3.05, 3.63) is 64.3 Å². The molecule has 1 amide bonds. The molecule has 0 spiro atoms. The number of aromatic nitrogens is 4. The Morgan fingerprint density at radius 1 is 1.26 bits per heavy atom. The van der Waals surface area contributed by atoms with E-state index in [0.717, 1.165) is 5.56 Å². The number of H-pyrrole nitrogens is 1. The molecule has 0 fully saturated rings. The minimum atomic E-state index is -0.521. The van der Waals surface area contributed by atoms with E-state index in [1.807, 2.05) is 19.9 Å². The first-order valence-corrected chi connectivity index (χ1v) is 11.0. The molecule has 2 aromatic heterocycles. The molecule has 2 heterocycles. The summed E-state index contributed by atoms with van der Waals surface area (Å²) in [5, 5.41) is 13.9. The minimum Gasteiger partial charge on any atom is -0.469 e. The lowest BCUT2D eigenvalue weighted by Gasteiger charge is -2.10. The summed E-state index contributed by atoms with van der Waals surface area (Å²) in [6.45, 7) is 4.79. The third-order valence-electron chi connectivity index (χ3n) is 4.95. The Kier molecular flexibility index (Phi) is 8.55. The molecule has 0 aliphatic carbocycles. The number of rotatable bonds is 10. The molecule has 0 aliphatic rings. The predicted octanol–water partition coefficient (Wildman–Crippen LogP) is 3.38. The van der Waals surface area contributed by atoms with Crippen LogP contribution in [0.15, 0.2) is 47.7 Å². The summed E-state index contributed by atoms with van der Waals surface area (Å²) in [4.78, 5) is 36.3. The summed E-state index contributed by atoms with van der Waals surface area (Å²) >= 11 is 0. The minimum absolute atomic E-state index is 0.206. The number of carbonyl (C=O) groups excluding carboxylic acids is 2. The molecule has 180 valence electrons. The molecular formula is C24H29N5O5. The number of ether oxygens (including phenoxy) is 2. The topological polar surface area (TPSA) is 128 Å². The van der Waals surface area contributed by atoms with Gasteiger partial charge in [-0.1, -0.05) is 26.0 Å². The number of hydrogen-bond acceptors (Lipinski definition) is 7. The number of aromatic amines is 1. The lowest BCUT2D eigenvalue weighted by atomic mass is 10.1. The highest BCUT2D eigenvalue weighted by Gasteiger charge is 2.13. The van der Waals surface area contributed by atoms with Gasteiger partial charge in [-0.2, -0.15) is 10.2 Å². The molecule has 0 unspecified atom stereocenters. The van der Waals surface area contributed by atoms with Crippen molar-refractivity contribution in [2.24, 2.45) is 5.92 Å². The lowest BCUT2D eigenvalue weighted by Crippen LogP contribution is -2.17. The fourth-order valence-electron chi connectivity index (χ4n) is 3.24. The number of carbonyl (C=O) groups is 2. The van der Waals surface area contributed by atoms with Crippen LogP contribution in [-0.2, 0) is 27.2 Å². The molecule has 0 bridgehead atoms. The number of hydrogen-bond donors (Lipinski definition) is 2. The van der Waals surface area contributed by atoms with E-state index in [2.05, 4.69) is 25.3 Å². The summed E-state index contributed by atoms with van der Waals surface area (Å²) in [7, 11) is 1.36. The fraction of sp³-hybridized carbons (Fsp3) is 0.375.